The maximum atomic E-state index is 12.1. The first-order chi connectivity index (χ1) is 11.5. The molecule has 0 fully saturated rings. The van der Waals surface area contributed by atoms with Gasteiger partial charge in [-0.2, -0.15) is 0 Å². The molecule has 1 amide bonds. The van der Waals surface area contributed by atoms with Gasteiger partial charge in [-0.15, -0.1) is 16.4 Å². The Bertz CT molecular complexity index is 864. The molecular formula is C14H13ClN6OS2. The van der Waals surface area contributed by atoms with Crippen molar-refractivity contribution in [3.63, 3.8) is 0 Å². The molecule has 24 heavy (non-hydrogen) atoms. The molecule has 0 radical (unpaired) electrons. The molecule has 1 aromatic carbocycles. The molecule has 0 N–H and O–H groups in total. The lowest BCUT2D eigenvalue weighted by Gasteiger charge is -2.18. The standard InChI is InChI=1S/C14H13ClN6OS2/c1-9(22)21(12-5-3-4-10(15)6-12)13-16-11(7-23-13)8-24-14-17-18-19-20(14)2/h3-7H,8H2,1-2H3. The molecule has 0 saturated carbocycles. The number of thiazole rings is 1. The zero-order valence-corrected chi connectivity index (χ0v) is 15.3. The predicted octanol–water partition coefficient (Wildman–Crippen LogP) is 3.30. The Morgan fingerprint density at radius 2 is 2.29 bits per heavy atom. The first kappa shape index (κ1) is 16.9. The van der Waals surface area contributed by atoms with E-state index >= 15 is 0 Å². The van der Waals surface area contributed by atoms with Crippen LogP contribution in [0.1, 0.15) is 12.6 Å². The maximum Gasteiger partial charge on any atom is 0.230 e. The van der Waals surface area contributed by atoms with E-state index in [1.165, 1.54) is 30.0 Å². The number of hydrogen-bond donors (Lipinski definition) is 0. The molecule has 0 unspecified atom stereocenters. The van der Waals surface area contributed by atoms with Crippen molar-refractivity contribution in [2.75, 3.05) is 4.90 Å². The summed E-state index contributed by atoms with van der Waals surface area (Å²) in [6.45, 7) is 1.50. The highest BCUT2D eigenvalue weighted by Gasteiger charge is 2.18. The van der Waals surface area contributed by atoms with Crippen molar-refractivity contribution in [3.05, 3.63) is 40.4 Å². The van der Waals surface area contributed by atoms with Crippen molar-refractivity contribution >= 4 is 51.4 Å². The SMILES string of the molecule is CC(=O)N(c1cccc(Cl)c1)c1nc(CSc2nnnn2C)cs1. The molecule has 0 aliphatic heterocycles. The fourth-order valence-corrected chi connectivity index (χ4v) is 3.91. The van der Waals surface area contributed by atoms with E-state index in [2.05, 4.69) is 20.5 Å². The average Bonchev–Trinajstić information content (AvgIpc) is 3.14. The number of thioether (sulfide) groups is 1. The minimum absolute atomic E-state index is 0.122. The number of nitrogens with zero attached hydrogens (tertiary/aromatic N) is 6. The van der Waals surface area contributed by atoms with Crippen LogP contribution >= 0.6 is 34.7 Å². The van der Waals surface area contributed by atoms with E-state index in [1.807, 2.05) is 11.4 Å². The summed E-state index contributed by atoms with van der Waals surface area (Å²) in [7, 11) is 1.78. The Balaban J connectivity index is 1.79. The summed E-state index contributed by atoms with van der Waals surface area (Å²) in [6, 6.07) is 7.14. The second kappa shape index (κ2) is 7.29. The summed E-state index contributed by atoms with van der Waals surface area (Å²) in [5.74, 6) is 0.495. The third-order valence-corrected chi connectivity index (χ3v) is 5.20. The molecule has 0 atom stereocenters. The number of carbonyl (C=O) groups excluding carboxylic acids is 1. The fourth-order valence-electron chi connectivity index (χ4n) is 1.99. The minimum atomic E-state index is -0.122. The first-order valence-corrected chi connectivity index (χ1v) is 9.15. The van der Waals surface area contributed by atoms with Gasteiger partial charge >= 0.3 is 0 Å². The van der Waals surface area contributed by atoms with E-state index in [1.54, 1.807) is 34.8 Å². The molecule has 124 valence electrons. The maximum absolute atomic E-state index is 12.1. The molecule has 3 rings (SSSR count). The molecule has 3 aromatic rings. The van der Waals surface area contributed by atoms with Gasteiger partial charge in [0, 0.05) is 30.1 Å². The quantitative estimate of drug-likeness (QED) is 0.632. The molecule has 0 saturated heterocycles. The number of tetrazole rings is 1. The zero-order chi connectivity index (χ0) is 17.1. The predicted molar refractivity (Wildman–Crippen MR) is 94.7 cm³/mol. The second-order valence-corrected chi connectivity index (χ2v) is 7.04. The summed E-state index contributed by atoms with van der Waals surface area (Å²) in [6.07, 6.45) is 0. The summed E-state index contributed by atoms with van der Waals surface area (Å²) >= 11 is 8.92. The highest BCUT2D eigenvalue weighted by Crippen LogP contribution is 2.31. The second-order valence-electron chi connectivity index (χ2n) is 4.83. The van der Waals surface area contributed by atoms with E-state index in [-0.39, 0.29) is 5.91 Å². The average molecular weight is 381 g/mol. The monoisotopic (exact) mass is 380 g/mol. The van der Waals surface area contributed by atoms with Gasteiger partial charge in [-0.25, -0.2) is 9.67 Å². The molecule has 2 aromatic heterocycles. The van der Waals surface area contributed by atoms with Gasteiger partial charge in [0.2, 0.25) is 11.1 Å². The van der Waals surface area contributed by atoms with Crippen molar-refractivity contribution in [3.8, 4) is 0 Å². The molecular weight excluding hydrogens is 368 g/mol. The molecule has 0 aliphatic rings. The first-order valence-electron chi connectivity index (χ1n) is 6.90. The van der Waals surface area contributed by atoms with E-state index in [0.29, 0.717) is 26.8 Å². The Labute approximate surface area is 151 Å². The minimum Gasteiger partial charge on any atom is -0.274 e. The zero-order valence-electron chi connectivity index (χ0n) is 12.9. The van der Waals surface area contributed by atoms with Crippen molar-refractivity contribution in [2.24, 2.45) is 7.05 Å². The van der Waals surface area contributed by atoms with Gasteiger partial charge in [0.15, 0.2) is 5.13 Å². The number of anilines is 2. The van der Waals surface area contributed by atoms with Crippen LogP contribution in [0, 0.1) is 0 Å². The van der Waals surface area contributed by atoms with Gasteiger partial charge < -0.3 is 0 Å². The molecule has 2 heterocycles. The van der Waals surface area contributed by atoms with Crippen molar-refractivity contribution < 1.29 is 4.79 Å². The highest BCUT2D eigenvalue weighted by molar-refractivity contribution is 7.98. The third kappa shape index (κ3) is 3.74. The number of amides is 1. The lowest BCUT2D eigenvalue weighted by Crippen LogP contribution is -2.22. The number of aryl methyl sites for hydroxylation is 1. The number of carbonyl (C=O) groups is 1. The Morgan fingerprint density at radius 3 is 2.96 bits per heavy atom. The summed E-state index contributed by atoms with van der Waals surface area (Å²) in [5, 5.41) is 15.1. The number of aromatic nitrogens is 5. The third-order valence-electron chi connectivity index (χ3n) is 3.04. The summed E-state index contributed by atoms with van der Waals surface area (Å²) in [4.78, 5) is 18.2. The smallest absolute Gasteiger partial charge is 0.230 e. The topological polar surface area (TPSA) is 76.8 Å². The van der Waals surface area contributed by atoms with E-state index < -0.39 is 0 Å². The number of benzene rings is 1. The van der Waals surface area contributed by atoms with Crippen LogP contribution in [-0.2, 0) is 17.6 Å². The molecule has 0 bridgehead atoms. The van der Waals surface area contributed by atoms with E-state index in [9.17, 15) is 4.79 Å². The highest BCUT2D eigenvalue weighted by atomic mass is 35.5. The van der Waals surface area contributed by atoms with Crippen LogP contribution in [0.4, 0.5) is 10.8 Å². The summed E-state index contributed by atoms with van der Waals surface area (Å²) < 4.78 is 1.60. The fraction of sp³-hybridized carbons (Fsp3) is 0.214. The van der Waals surface area contributed by atoms with E-state index in [0.717, 1.165) is 5.69 Å². The lowest BCUT2D eigenvalue weighted by molar-refractivity contribution is -0.115. The van der Waals surface area contributed by atoms with Crippen LogP contribution in [0.2, 0.25) is 5.02 Å². The van der Waals surface area contributed by atoms with Gasteiger partial charge in [-0.1, -0.05) is 29.4 Å². The van der Waals surface area contributed by atoms with Crippen molar-refractivity contribution in [1.82, 2.24) is 25.2 Å². The van der Waals surface area contributed by atoms with Crippen LogP contribution in [0.25, 0.3) is 0 Å². The van der Waals surface area contributed by atoms with Crippen LogP contribution < -0.4 is 4.90 Å². The van der Waals surface area contributed by atoms with Crippen LogP contribution in [0.3, 0.4) is 0 Å². The van der Waals surface area contributed by atoms with Gasteiger partial charge in [0.25, 0.3) is 0 Å². The number of hydrogen-bond acceptors (Lipinski definition) is 7. The van der Waals surface area contributed by atoms with Gasteiger partial charge in [-0.05, 0) is 28.6 Å². The number of rotatable bonds is 5. The lowest BCUT2D eigenvalue weighted by atomic mass is 10.3. The van der Waals surface area contributed by atoms with Crippen molar-refractivity contribution in [2.45, 2.75) is 17.8 Å². The number of halogens is 1. The van der Waals surface area contributed by atoms with Crippen molar-refractivity contribution in [1.29, 1.82) is 0 Å². The Morgan fingerprint density at radius 1 is 1.46 bits per heavy atom. The van der Waals surface area contributed by atoms with Gasteiger partial charge in [0.05, 0.1) is 11.4 Å². The molecule has 0 spiro atoms. The Hall–Kier alpha value is -1.97. The van der Waals surface area contributed by atoms with Crippen LogP contribution in [0.15, 0.2) is 34.8 Å². The summed E-state index contributed by atoms with van der Waals surface area (Å²) in [5.41, 5.74) is 1.55. The van der Waals surface area contributed by atoms with Crippen LogP contribution in [0.5, 0.6) is 0 Å². The normalized spacial score (nSPS) is 10.8. The Kier molecular flexibility index (Phi) is 5.12. The molecule has 7 nitrogen and oxygen atoms in total. The van der Waals surface area contributed by atoms with Crippen LogP contribution in [-0.4, -0.2) is 31.1 Å². The molecule has 10 heteroatoms. The largest absolute Gasteiger partial charge is 0.274 e. The van der Waals surface area contributed by atoms with Gasteiger partial charge in [-0.3, -0.25) is 9.69 Å². The molecule has 0 aliphatic carbocycles. The van der Waals surface area contributed by atoms with Gasteiger partial charge in [0.1, 0.15) is 0 Å². The van der Waals surface area contributed by atoms with E-state index in [4.69, 9.17) is 11.6 Å².